The Balaban J connectivity index is 0.00000364. The molecule has 2 rings (SSSR count). The van der Waals surface area contributed by atoms with E-state index in [4.69, 9.17) is 4.42 Å². The van der Waals surface area contributed by atoms with E-state index in [9.17, 15) is 13.2 Å². The minimum absolute atomic E-state index is 0. The van der Waals surface area contributed by atoms with Crippen LogP contribution in [0.15, 0.2) is 33.7 Å². The minimum Gasteiger partial charge on any atom is -0.444 e. The van der Waals surface area contributed by atoms with Crippen molar-refractivity contribution in [2.24, 2.45) is 4.99 Å². The van der Waals surface area contributed by atoms with E-state index in [1.54, 1.807) is 7.05 Å². The van der Waals surface area contributed by atoms with Crippen molar-refractivity contribution in [3.63, 3.8) is 0 Å². The van der Waals surface area contributed by atoms with Crippen LogP contribution in [-0.2, 0) is 12.7 Å². The van der Waals surface area contributed by atoms with E-state index in [2.05, 4.69) is 32.5 Å². The Bertz CT molecular complexity index is 831. The summed E-state index contributed by atoms with van der Waals surface area (Å²) in [5.74, 6) is 7.25. The summed E-state index contributed by atoms with van der Waals surface area (Å²) in [5, 5.41) is 5.97. The van der Waals surface area contributed by atoms with Crippen molar-refractivity contribution in [2.75, 3.05) is 13.6 Å². The number of halogens is 4. The summed E-state index contributed by atoms with van der Waals surface area (Å²) in [6.07, 6.45) is -4.38. The summed E-state index contributed by atoms with van der Waals surface area (Å²) in [7, 11) is 1.60. The molecular weight excluding hydrogens is 472 g/mol. The molecule has 0 amide bonds. The number of hydrogen-bond acceptors (Lipinski definition) is 3. The lowest BCUT2D eigenvalue weighted by atomic mass is 10.1. The number of alkyl halides is 3. The molecule has 0 saturated heterocycles. The van der Waals surface area contributed by atoms with E-state index < -0.39 is 11.7 Å². The Labute approximate surface area is 172 Å². The number of nitrogens with zero attached hydrogens (tertiary/aromatic N) is 2. The van der Waals surface area contributed by atoms with Crippen LogP contribution in [0.25, 0.3) is 0 Å². The molecule has 0 saturated carbocycles. The van der Waals surface area contributed by atoms with Gasteiger partial charge < -0.3 is 15.1 Å². The van der Waals surface area contributed by atoms with Crippen LogP contribution in [0.3, 0.4) is 0 Å². The van der Waals surface area contributed by atoms with Gasteiger partial charge in [0.25, 0.3) is 0 Å². The number of guanidine groups is 1. The zero-order valence-corrected chi connectivity index (χ0v) is 17.4. The van der Waals surface area contributed by atoms with Gasteiger partial charge in [-0.1, -0.05) is 17.9 Å². The van der Waals surface area contributed by atoms with Gasteiger partial charge in [-0.15, -0.1) is 24.0 Å². The van der Waals surface area contributed by atoms with Crippen molar-refractivity contribution in [3.05, 3.63) is 52.7 Å². The predicted octanol–water partition coefficient (Wildman–Crippen LogP) is 3.64. The predicted molar refractivity (Wildman–Crippen MR) is 108 cm³/mol. The molecule has 1 aromatic carbocycles. The quantitative estimate of drug-likeness (QED) is 0.298. The lowest BCUT2D eigenvalue weighted by Gasteiger charge is -2.07. The van der Waals surface area contributed by atoms with Gasteiger partial charge >= 0.3 is 6.18 Å². The van der Waals surface area contributed by atoms with E-state index >= 15 is 0 Å². The molecule has 9 heteroatoms. The molecule has 0 radical (unpaired) electrons. The summed E-state index contributed by atoms with van der Waals surface area (Å²) in [5.41, 5.74) is 0.415. The van der Waals surface area contributed by atoms with Gasteiger partial charge in [-0.2, -0.15) is 13.2 Å². The number of aliphatic imine (C=N–C) groups is 1. The largest absolute Gasteiger partial charge is 0.444 e. The van der Waals surface area contributed by atoms with Crippen LogP contribution >= 0.6 is 24.0 Å². The standard InChI is InChI=1S/C18H19F3N4O.HI/c1-12-13(2)26-16(25-12)11-24-17(22-3)23-9-5-7-14-6-4-8-15(10-14)18(19,20)21;/h4,6,8,10H,9,11H2,1-3H3,(H2,22,23,24);1H. The van der Waals surface area contributed by atoms with Gasteiger partial charge in [-0.05, 0) is 32.0 Å². The van der Waals surface area contributed by atoms with Crippen molar-refractivity contribution in [1.29, 1.82) is 0 Å². The number of benzene rings is 1. The second-order valence-corrected chi connectivity index (χ2v) is 5.41. The maximum absolute atomic E-state index is 12.7. The topological polar surface area (TPSA) is 62.5 Å². The van der Waals surface area contributed by atoms with Crippen LogP contribution in [0, 0.1) is 25.7 Å². The van der Waals surface area contributed by atoms with E-state index in [-0.39, 0.29) is 30.5 Å². The van der Waals surface area contributed by atoms with Gasteiger partial charge in [0, 0.05) is 12.6 Å². The van der Waals surface area contributed by atoms with Crippen LogP contribution in [-0.4, -0.2) is 24.5 Å². The summed E-state index contributed by atoms with van der Waals surface area (Å²) in [4.78, 5) is 8.28. The fourth-order valence-electron chi connectivity index (χ4n) is 2.04. The smallest absolute Gasteiger partial charge is 0.416 e. The number of hydrogen-bond donors (Lipinski definition) is 2. The zero-order chi connectivity index (χ0) is 19.2. The molecule has 27 heavy (non-hydrogen) atoms. The summed E-state index contributed by atoms with van der Waals surface area (Å²) in [6.45, 7) is 4.27. The summed E-state index contributed by atoms with van der Waals surface area (Å²) in [6, 6.07) is 4.90. The summed E-state index contributed by atoms with van der Waals surface area (Å²) >= 11 is 0. The van der Waals surface area contributed by atoms with Gasteiger partial charge in [0.1, 0.15) is 5.76 Å². The van der Waals surface area contributed by atoms with Crippen molar-refractivity contribution in [3.8, 4) is 11.8 Å². The van der Waals surface area contributed by atoms with Gasteiger partial charge in [0.2, 0.25) is 5.89 Å². The molecule has 1 heterocycles. The van der Waals surface area contributed by atoms with Crippen LogP contribution in [0.4, 0.5) is 13.2 Å². The molecule has 0 aliphatic carbocycles. The van der Waals surface area contributed by atoms with E-state index in [1.165, 1.54) is 12.1 Å². The fraction of sp³-hybridized carbons (Fsp3) is 0.333. The van der Waals surface area contributed by atoms with Crippen molar-refractivity contribution < 1.29 is 17.6 Å². The number of oxazole rings is 1. The third kappa shape index (κ3) is 7.13. The Morgan fingerprint density at radius 2 is 2.00 bits per heavy atom. The van der Waals surface area contributed by atoms with Crippen molar-refractivity contribution in [2.45, 2.75) is 26.6 Å². The first-order valence-electron chi connectivity index (χ1n) is 7.83. The Hall–Kier alpha value is -2.22. The second-order valence-electron chi connectivity index (χ2n) is 5.41. The Morgan fingerprint density at radius 3 is 2.59 bits per heavy atom. The van der Waals surface area contributed by atoms with Crippen LogP contribution in [0.5, 0.6) is 0 Å². The Morgan fingerprint density at radius 1 is 1.26 bits per heavy atom. The molecule has 0 atom stereocenters. The van der Waals surface area contributed by atoms with Crippen molar-refractivity contribution in [1.82, 2.24) is 15.6 Å². The lowest BCUT2D eigenvalue weighted by molar-refractivity contribution is -0.137. The van der Waals surface area contributed by atoms with Crippen molar-refractivity contribution >= 4 is 29.9 Å². The molecule has 0 unspecified atom stereocenters. The highest BCUT2D eigenvalue weighted by atomic mass is 127. The fourth-order valence-corrected chi connectivity index (χ4v) is 2.04. The first-order valence-corrected chi connectivity index (χ1v) is 7.83. The minimum atomic E-state index is -4.38. The average molecular weight is 492 g/mol. The number of aromatic nitrogens is 1. The van der Waals surface area contributed by atoms with Gasteiger partial charge in [-0.3, -0.25) is 4.99 Å². The number of nitrogens with one attached hydrogen (secondary N) is 2. The molecule has 0 spiro atoms. The van der Waals surface area contributed by atoms with Gasteiger partial charge in [-0.25, -0.2) is 4.98 Å². The maximum atomic E-state index is 12.7. The summed E-state index contributed by atoms with van der Waals surface area (Å²) < 4.78 is 43.4. The number of rotatable bonds is 3. The first kappa shape index (κ1) is 22.8. The molecule has 1 aromatic heterocycles. The highest BCUT2D eigenvalue weighted by Crippen LogP contribution is 2.29. The van der Waals surface area contributed by atoms with Gasteiger partial charge in [0.05, 0.1) is 24.3 Å². The highest BCUT2D eigenvalue weighted by molar-refractivity contribution is 14.0. The molecule has 2 aromatic rings. The first-order chi connectivity index (χ1) is 12.3. The van der Waals surface area contributed by atoms with Crippen LogP contribution in [0.1, 0.15) is 28.5 Å². The monoisotopic (exact) mass is 492 g/mol. The molecule has 2 N–H and O–H groups in total. The maximum Gasteiger partial charge on any atom is 0.416 e. The molecule has 0 aliphatic rings. The molecule has 0 aliphatic heterocycles. The normalized spacial score (nSPS) is 11.3. The van der Waals surface area contributed by atoms with E-state index in [0.29, 0.717) is 24.0 Å². The third-order valence-corrected chi connectivity index (χ3v) is 3.47. The highest BCUT2D eigenvalue weighted by Gasteiger charge is 2.30. The number of aryl methyl sites for hydroxylation is 2. The SMILES string of the molecule is CN=C(NCC#Cc1cccc(C(F)(F)F)c1)NCc1nc(C)c(C)o1.I. The molecule has 0 bridgehead atoms. The molecule has 5 nitrogen and oxygen atoms in total. The van der Waals surface area contributed by atoms with Crippen LogP contribution < -0.4 is 10.6 Å². The zero-order valence-electron chi connectivity index (χ0n) is 15.1. The van der Waals surface area contributed by atoms with Crippen LogP contribution in [0.2, 0.25) is 0 Å². The Kier molecular flexibility index (Phi) is 8.62. The molecule has 146 valence electrons. The van der Waals surface area contributed by atoms with E-state index in [1.807, 2.05) is 13.8 Å². The lowest BCUT2D eigenvalue weighted by Crippen LogP contribution is -2.37. The average Bonchev–Trinajstić information content (AvgIpc) is 2.92. The van der Waals surface area contributed by atoms with Gasteiger partial charge in [0.15, 0.2) is 5.96 Å². The molecule has 0 fully saturated rings. The molecular formula is C18H20F3IN4O. The third-order valence-electron chi connectivity index (χ3n) is 3.47. The second kappa shape index (κ2) is 10.2. The van der Waals surface area contributed by atoms with E-state index in [0.717, 1.165) is 23.6 Å².